The van der Waals surface area contributed by atoms with Crippen molar-refractivity contribution < 1.29 is 5.11 Å². The van der Waals surface area contributed by atoms with Crippen molar-refractivity contribution in [3.63, 3.8) is 0 Å². The Hall–Kier alpha value is -0.540. The lowest BCUT2D eigenvalue weighted by Gasteiger charge is -2.20. The van der Waals surface area contributed by atoms with Gasteiger partial charge in [-0.2, -0.15) is 11.8 Å². The van der Waals surface area contributed by atoms with E-state index >= 15 is 0 Å². The third-order valence-electron chi connectivity index (χ3n) is 2.32. The Balaban J connectivity index is 2.05. The van der Waals surface area contributed by atoms with Crippen molar-refractivity contribution in [2.45, 2.75) is 18.4 Å². The summed E-state index contributed by atoms with van der Waals surface area (Å²) in [6.45, 7) is 0. The Labute approximate surface area is 82.4 Å². The van der Waals surface area contributed by atoms with E-state index in [0.717, 1.165) is 23.6 Å². The van der Waals surface area contributed by atoms with Crippen molar-refractivity contribution in [3.8, 4) is 0 Å². The summed E-state index contributed by atoms with van der Waals surface area (Å²) >= 11 is 1.82. The molecule has 0 spiro atoms. The van der Waals surface area contributed by atoms with Crippen molar-refractivity contribution in [3.05, 3.63) is 30.1 Å². The van der Waals surface area contributed by atoms with E-state index in [1.165, 1.54) is 0 Å². The van der Waals surface area contributed by atoms with E-state index in [2.05, 4.69) is 4.98 Å². The van der Waals surface area contributed by atoms with Crippen LogP contribution in [-0.2, 0) is 6.42 Å². The third kappa shape index (κ3) is 2.23. The molecule has 1 aromatic rings. The van der Waals surface area contributed by atoms with Gasteiger partial charge in [-0.05, 0) is 24.3 Å². The van der Waals surface area contributed by atoms with Gasteiger partial charge in [0.05, 0.1) is 5.60 Å². The third-order valence-corrected chi connectivity index (χ3v) is 3.55. The van der Waals surface area contributed by atoms with E-state index < -0.39 is 5.60 Å². The Morgan fingerprint density at radius 3 is 3.08 bits per heavy atom. The van der Waals surface area contributed by atoms with E-state index in [-0.39, 0.29) is 0 Å². The predicted molar refractivity (Wildman–Crippen MR) is 54.8 cm³/mol. The number of hydrogen-bond acceptors (Lipinski definition) is 3. The first-order valence-corrected chi connectivity index (χ1v) is 5.64. The van der Waals surface area contributed by atoms with Crippen LogP contribution in [0.1, 0.15) is 12.1 Å². The minimum atomic E-state index is -0.501. The lowest BCUT2D eigenvalue weighted by Crippen LogP contribution is -2.31. The first-order valence-electron chi connectivity index (χ1n) is 4.49. The molecule has 1 aliphatic heterocycles. The fraction of sp³-hybridized carbons (Fsp3) is 0.500. The van der Waals surface area contributed by atoms with Gasteiger partial charge in [0.2, 0.25) is 0 Å². The van der Waals surface area contributed by atoms with Crippen molar-refractivity contribution in [1.82, 2.24) is 4.98 Å². The van der Waals surface area contributed by atoms with Crippen molar-refractivity contribution in [1.29, 1.82) is 0 Å². The maximum Gasteiger partial charge on any atom is 0.0800 e. The van der Waals surface area contributed by atoms with Gasteiger partial charge in [0.25, 0.3) is 0 Å². The largest absolute Gasteiger partial charge is 0.389 e. The monoisotopic (exact) mass is 195 g/mol. The van der Waals surface area contributed by atoms with Gasteiger partial charge in [0, 0.05) is 24.1 Å². The maximum absolute atomic E-state index is 10.1. The molecule has 3 heteroatoms. The second-order valence-corrected chi connectivity index (χ2v) is 4.63. The van der Waals surface area contributed by atoms with Gasteiger partial charge < -0.3 is 5.11 Å². The van der Waals surface area contributed by atoms with E-state index in [9.17, 15) is 5.11 Å². The quantitative estimate of drug-likeness (QED) is 0.776. The molecule has 0 aliphatic carbocycles. The van der Waals surface area contributed by atoms with Crippen LogP contribution in [0.25, 0.3) is 0 Å². The molecule has 0 amide bonds. The van der Waals surface area contributed by atoms with Gasteiger partial charge in [-0.1, -0.05) is 6.07 Å². The molecule has 2 heterocycles. The second kappa shape index (κ2) is 3.68. The molecule has 1 saturated heterocycles. The van der Waals surface area contributed by atoms with Crippen LogP contribution in [0.5, 0.6) is 0 Å². The van der Waals surface area contributed by atoms with Crippen LogP contribution < -0.4 is 0 Å². The summed E-state index contributed by atoms with van der Waals surface area (Å²) in [4.78, 5) is 4.22. The molecule has 1 N–H and O–H groups in total. The molecule has 1 unspecified atom stereocenters. The average molecular weight is 195 g/mol. The van der Waals surface area contributed by atoms with Crippen LogP contribution in [-0.4, -0.2) is 27.2 Å². The number of aliphatic hydroxyl groups is 1. The number of rotatable bonds is 2. The SMILES string of the molecule is OC1(Cc2ccccn2)CCSC1. The summed E-state index contributed by atoms with van der Waals surface area (Å²) < 4.78 is 0. The molecule has 1 aromatic heterocycles. The first-order chi connectivity index (χ1) is 6.29. The van der Waals surface area contributed by atoms with E-state index in [1.807, 2.05) is 30.0 Å². The lowest BCUT2D eigenvalue weighted by molar-refractivity contribution is 0.0676. The molecule has 0 aromatic carbocycles. The predicted octanol–water partition coefficient (Wildman–Crippen LogP) is 1.49. The topological polar surface area (TPSA) is 33.1 Å². The van der Waals surface area contributed by atoms with Crippen LogP contribution in [0.4, 0.5) is 0 Å². The zero-order valence-electron chi connectivity index (χ0n) is 7.44. The molecule has 0 saturated carbocycles. The lowest BCUT2D eigenvalue weighted by atomic mass is 9.97. The second-order valence-electron chi connectivity index (χ2n) is 3.52. The first kappa shape index (κ1) is 9.03. The van der Waals surface area contributed by atoms with Crippen molar-refractivity contribution >= 4 is 11.8 Å². The highest BCUT2D eigenvalue weighted by atomic mass is 32.2. The van der Waals surface area contributed by atoms with Gasteiger partial charge in [-0.3, -0.25) is 4.98 Å². The molecule has 70 valence electrons. The molecular weight excluding hydrogens is 182 g/mol. The number of nitrogens with zero attached hydrogens (tertiary/aromatic N) is 1. The molecule has 2 nitrogen and oxygen atoms in total. The summed E-state index contributed by atoms with van der Waals surface area (Å²) in [7, 11) is 0. The van der Waals surface area contributed by atoms with Crippen LogP contribution in [0.2, 0.25) is 0 Å². The minimum absolute atomic E-state index is 0.501. The highest BCUT2D eigenvalue weighted by Gasteiger charge is 2.31. The zero-order valence-corrected chi connectivity index (χ0v) is 8.26. The summed E-state index contributed by atoms with van der Waals surface area (Å²) in [6.07, 6.45) is 3.37. The molecule has 1 aliphatic rings. The Kier molecular flexibility index (Phi) is 2.56. The molecule has 1 atom stereocenters. The maximum atomic E-state index is 10.1. The minimum Gasteiger partial charge on any atom is -0.389 e. The summed E-state index contributed by atoms with van der Waals surface area (Å²) in [6, 6.07) is 5.84. The van der Waals surface area contributed by atoms with E-state index in [4.69, 9.17) is 0 Å². The van der Waals surface area contributed by atoms with Crippen molar-refractivity contribution in [2.24, 2.45) is 0 Å². The molecule has 0 radical (unpaired) electrons. The Bertz CT molecular complexity index is 270. The number of thioether (sulfide) groups is 1. The van der Waals surface area contributed by atoms with Gasteiger partial charge in [-0.25, -0.2) is 0 Å². The van der Waals surface area contributed by atoms with Crippen LogP contribution >= 0.6 is 11.8 Å². The smallest absolute Gasteiger partial charge is 0.0800 e. The number of pyridine rings is 1. The highest BCUT2D eigenvalue weighted by Crippen LogP contribution is 2.30. The molecular formula is C10H13NOS. The summed E-state index contributed by atoms with van der Waals surface area (Å²) in [5.41, 5.74) is 0.492. The van der Waals surface area contributed by atoms with E-state index in [1.54, 1.807) is 6.20 Å². The van der Waals surface area contributed by atoms with Crippen LogP contribution in [0.3, 0.4) is 0 Å². The Morgan fingerprint density at radius 2 is 2.46 bits per heavy atom. The molecule has 0 bridgehead atoms. The summed E-state index contributed by atoms with van der Waals surface area (Å²) in [5.74, 6) is 1.92. The van der Waals surface area contributed by atoms with Gasteiger partial charge in [-0.15, -0.1) is 0 Å². The number of hydrogen-bond donors (Lipinski definition) is 1. The van der Waals surface area contributed by atoms with Crippen molar-refractivity contribution in [2.75, 3.05) is 11.5 Å². The van der Waals surface area contributed by atoms with E-state index in [0.29, 0.717) is 6.42 Å². The fourth-order valence-corrected chi connectivity index (χ4v) is 2.87. The standard InChI is InChI=1S/C10H13NOS/c12-10(4-6-13-8-10)7-9-3-1-2-5-11-9/h1-3,5,12H,4,6-8H2. The normalized spacial score (nSPS) is 27.8. The summed E-state index contributed by atoms with van der Waals surface area (Å²) in [5, 5.41) is 10.1. The number of aromatic nitrogens is 1. The van der Waals surface area contributed by atoms with Crippen LogP contribution in [0.15, 0.2) is 24.4 Å². The highest BCUT2D eigenvalue weighted by molar-refractivity contribution is 7.99. The zero-order chi connectivity index (χ0) is 9.15. The van der Waals surface area contributed by atoms with Gasteiger partial charge >= 0.3 is 0 Å². The average Bonchev–Trinajstić information content (AvgIpc) is 2.54. The molecule has 2 rings (SSSR count). The Morgan fingerprint density at radius 1 is 1.54 bits per heavy atom. The van der Waals surface area contributed by atoms with Gasteiger partial charge in [0.15, 0.2) is 0 Å². The molecule has 1 fully saturated rings. The van der Waals surface area contributed by atoms with Crippen LogP contribution in [0, 0.1) is 0 Å². The molecule has 13 heavy (non-hydrogen) atoms. The van der Waals surface area contributed by atoms with Gasteiger partial charge in [0.1, 0.15) is 0 Å². The fourth-order valence-electron chi connectivity index (χ4n) is 1.58.